The van der Waals surface area contributed by atoms with Crippen molar-refractivity contribution in [3.63, 3.8) is 0 Å². The molecule has 2 rings (SSSR count). The molecule has 0 unspecified atom stereocenters. The fourth-order valence-electron chi connectivity index (χ4n) is 1.73. The summed E-state index contributed by atoms with van der Waals surface area (Å²) in [5.41, 5.74) is 1.04. The predicted octanol–water partition coefficient (Wildman–Crippen LogP) is 3.07. The van der Waals surface area contributed by atoms with E-state index in [0.717, 1.165) is 29.7 Å². The highest BCUT2D eigenvalue weighted by Gasteiger charge is 2.06. The first-order valence-corrected chi connectivity index (χ1v) is 7.71. The zero-order chi connectivity index (χ0) is 13.1. The van der Waals surface area contributed by atoms with Crippen molar-refractivity contribution >= 4 is 34.3 Å². The van der Waals surface area contributed by atoms with Gasteiger partial charge in [-0.3, -0.25) is 9.69 Å². The Morgan fingerprint density at radius 3 is 2.78 bits per heavy atom. The molecule has 0 aliphatic rings. The van der Waals surface area contributed by atoms with Gasteiger partial charge in [0.05, 0.1) is 4.34 Å². The van der Waals surface area contributed by atoms with Crippen LogP contribution in [0.1, 0.15) is 10.6 Å². The van der Waals surface area contributed by atoms with Crippen LogP contribution in [0.25, 0.3) is 0 Å². The van der Waals surface area contributed by atoms with Gasteiger partial charge in [-0.1, -0.05) is 22.9 Å². The Morgan fingerprint density at radius 2 is 2.22 bits per heavy atom. The Morgan fingerprint density at radius 1 is 1.44 bits per heavy atom. The molecule has 0 spiro atoms. The number of aryl methyl sites for hydroxylation is 1. The number of thiazole rings is 1. The second kappa shape index (κ2) is 6.02. The van der Waals surface area contributed by atoms with Crippen LogP contribution in [-0.2, 0) is 13.1 Å². The Balaban J connectivity index is 1.89. The molecular formula is C12H15ClN2OS2. The summed E-state index contributed by atoms with van der Waals surface area (Å²) in [7, 11) is 2.06. The quantitative estimate of drug-likeness (QED) is 0.848. The molecule has 0 aliphatic carbocycles. The molecular weight excluding hydrogens is 288 g/mol. The van der Waals surface area contributed by atoms with Crippen LogP contribution in [0, 0.1) is 6.92 Å². The van der Waals surface area contributed by atoms with E-state index in [4.69, 9.17) is 11.6 Å². The van der Waals surface area contributed by atoms with E-state index in [1.165, 1.54) is 16.2 Å². The molecule has 0 N–H and O–H groups in total. The first-order valence-electron chi connectivity index (χ1n) is 5.64. The molecule has 6 heteroatoms. The Kier molecular flexibility index (Phi) is 4.61. The number of rotatable bonds is 5. The zero-order valence-electron chi connectivity index (χ0n) is 10.4. The number of thiophene rings is 1. The Labute approximate surface area is 119 Å². The van der Waals surface area contributed by atoms with Crippen molar-refractivity contribution in [3.05, 3.63) is 42.1 Å². The van der Waals surface area contributed by atoms with Gasteiger partial charge in [-0.05, 0) is 26.1 Å². The second-order valence-corrected chi connectivity index (χ2v) is 6.86. The zero-order valence-corrected chi connectivity index (χ0v) is 12.7. The monoisotopic (exact) mass is 302 g/mol. The lowest BCUT2D eigenvalue weighted by Crippen LogP contribution is -2.26. The van der Waals surface area contributed by atoms with E-state index in [-0.39, 0.29) is 4.87 Å². The molecule has 98 valence electrons. The van der Waals surface area contributed by atoms with Crippen LogP contribution in [-0.4, -0.2) is 23.1 Å². The van der Waals surface area contributed by atoms with Gasteiger partial charge in [0.15, 0.2) is 0 Å². The van der Waals surface area contributed by atoms with Crippen molar-refractivity contribution < 1.29 is 0 Å². The van der Waals surface area contributed by atoms with Crippen LogP contribution in [0.15, 0.2) is 22.3 Å². The van der Waals surface area contributed by atoms with Crippen LogP contribution in [0.3, 0.4) is 0 Å². The molecule has 2 aromatic rings. The van der Waals surface area contributed by atoms with Crippen LogP contribution in [0.2, 0.25) is 4.34 Å². The molecule has 0 aliphatic heterocycles. The minimum absolute atomic E-state index is 0.125. The Bertz CT molecular complexity index is 573. The fraction of sp³-hybridized carbons (Fsp3) is 0.417. The van der Waals surface area contributed by atoms with Gasteiger partial charge in [0.1, 0.15) is 0 Å². The lowest BCUT2D eigenvalue weighted by molar-refractivity contribution is 0.312. The van der Waals surface area contributed by atoms with E-state index in [1.54, 1.807) is 11.3 Å². The van der Waals surface area contributed by atoms with Crippen molar-refractivity contribution in [3.8, 4) is 0 Å². The lowest BCUT2D eigenvalue weighted by atomic mass is 10.4. The summed E-state index contributed by atoms with van der Waals surface area (Å²) in [6.45, 7) is 4.43. The first kappa shape index (κ1) is 13.8. The summed E-state index contributed by atoms with van der Waals surface area (Å²) in [5, 5.41) is 1.90. The van der Waals surface area contributed by atoms with Crippen molar-refractivity contribution in [1.82, 2.24) is 9.47 Å². The highest BCUT2D eigenvalue weighted by atomic mass is 35.5. The van der Waals surface area contributed by atoms with Gasteiger partial charge in [0.25, 0.3) is 0 Å². The van der Waals surface area contributed by atoms with Gasteiger partial charge in [0.2, 0.25) is 0 Å². The van der Waals surface area contributed by atoms with Crippen molar-refractivity contribution in [2.45, 2.75) is 20.0 Å². The van der Waals surface area contributed by atoms with Crippen molar-refractivity contribution in [1.29, 1.82) is 0 Å². The number of nitrogens with zero attached hydrogens (tertiary/aromatic N) is 2. The molecule has 0 atom stereocenters. The average molecular weight is 303 g/mol. The maximum atomic E-state index is 11.6. The molecule has 3 nitrogen and oxygen atoms in total. The average Bonchev–Trinajstić information content (AvgIpc) is 2.84. The normalized spacial score (nSPS) is 11.3. The smallest absolute Gasteiger partial charge is 0.302 e. The standard InChI is InChI=1S/C12H15ClN2OS2/c1-9-8-17-12(16)15(9)6-5-14(2)7-10-3-4-11(13)18-10/h3-4,8H,5-7H2,1-2H3. The summed E-state index contributed by atoms with van der Waals surface area (Å²) in [4.78, 5) is 15.1. The summed E-state index contributed by atoms with van der Waals surface area (Å²) >= 11 is 8.77. The third kappa shape index (κ3) is 3.45. The summed E-state index contributed by atoms with van der Waals surface area (Å²) in [6.07, 6.45) is 0. The second-order valence-electron chi connectivity index (χ2n) is 4.24. The van der Waals surface area contributed by atoms with Gasteiger partial charge in [0, 0.05) is 35.6 Å². The molecule has 18 heavy (non-hydrogen) atoms. The lowest BCUT2D eigenvalue weighted by Gasteiger charge is -2.16. The van der Waals surface area contributed by atoms with E-state index in [9.17, 15) is 4.79 Å². The summed E-state index contributed by atoms with van der Waals surface area (Å²) in [6, 6.07) is 3.97. The number of halogens is 1. The fourth-order valence-corrected chi connectivity index (χ4v) is 3.66. The molecule has 0 bridgehead atoms. The molecule has 0 aromatic carbocycles. The number of aromatic nitrogens is 1. The van der Waals surface area contributed by atoms with E-state index < -0.39 is 0 Å². The predicted molar refractivity (Wildman–Crippen MR) is 79.0 cm³/mol. The van der Waals surface area contributed by atoms with Crippen LogP contribution in [0.5, 0.6) is 0 Å². The molecule has 0 radical (unpaired) electrons. The third-order valence-corrected chi connectivity index (χ3v) is 4.83. The molecule has 2 aromatic heterocycles. The van der Waals surface area contributed by atoms with Gasteiger partial charge in [-0.15, -0.1) is 11.3 Å². The minimum Gasteiger partial charge on any atom is -0.302 e. The maximum absolute atomic E-state index is 11.6. The van der Waals surface area contributed by atoms with Crippen LogP contribution < -0.4 is 4.87 Å². The van der Waals surface area contributed by atoms with Gasteiger partial charge in [-0.2, -0.15) is 0 Å². The van der Waals surface area contributed by atoms with E-state index in [0.29, 0.717) is 0 Å². The first-order chi connectivity index (χ1) is 8.56. The van der Waals surface area contributed by atoms with Gasteiger partial charge >= 0.3 is 4.87 Å². The van der Waals surface area contributed by atoms with E-state index >= 15 is 0 Å². The van der Waals surface area contributed by atoms with Crippen LogP contribution in [0.4, 0.5) is 0 Å². The molecule has 0 amide bonds. The highest BCUT2D eigenvalue weighted by Crippen LogP contribution is 2.22. The topological polar surface area (TPSA) is 25.2 Å². The minimum atomic E-state index is 0.125. The SMILES string of the molecule is Cc1csc(=O)n1CCN(C)Cc1ccc(Cl)s1. The maximum Gasteiger partial charge on any atom is 0.307 e. The Hall–Kier alpha value is -0.620. The number of likely N-dealkylation sites (N-methyl/N-ethyl adjacent to an activating group) is 1. The van der Waals surface area contributed by atoms with Crippen LogP contribution >= 0.6 is 34.3 Å². The summed E-state index contributed by atoms with van der Waals surface area (Å²) in [5.74, 6) is 0. The van der Waals surface area contributed by atoms with E-state index in [2.05, 4.69) is 11.9 Å². The number of hydrogen-bond acceptors (Lipinski definition) is 4. The molecule has 0 saturated carbocycles. The van der Waals surface area contributed by atoms with Gasteiger partial charge in [-0.25, -0.2) is 0 Å². The largest absolute Gasteiger partial charge is 0.307 e. The van der Waals surface area contributed by atoms with Crippen molar-refractivity contribution in [2.75, 3.05) is 13.6 Å². The highest BCUT2D eigenvalue weighted by molar-refractivity contribution is 7.16. The number of hydrogen-bond donors (Lipinski definition) is 0. The molecule has 0 fully saturated rings. The third-order valence-electron chi connectivity index (χ3n) is 2.74. The van der Waals surface area contributed by atoms with E-state index in [1.807, 2.05) is 29.0 Å². The molecule has 2 heterocycles. The van der Waals surface area contributed by atoms with Crippen molar-refractivity contribution in [2.24, 2.45) is 0 Å². The summed E-state index contributed by atoms with van der Waals surface area (Å²) < 4.78 is 2.64. The van der Waals surface area contributed by atoms with Gasteiger partial charge < -0.3 is 4.57 Å². The molecule has 0 saturated heterocycles.